The maximum atomic E-state index is 12.9. The van der Waals surface area contributed by atoms with Crippen molar-refractivity contribution in [2.24, 2.45) is 7.05 Å². The summed E-state index contributed by atoms with van der Waals surface area (Å²) in [5, 5.41) is 17.9. The molecular formula is C25H22F3N7O2. The van der Waals surface area contributed by atoms with E-state index in [1.165, 1.54) is 0 Å². The van der Waals surface area contributed by atoms with Crippen molar-refractivity contribution >= 4 is 17.3 Å². The molecule has 12 heteroatoms. The highest BCUT2D eigenvalue weighted by Crippen LogP contribution is 2.31. The van der Waals surface area contributed by atoms with E-state index in [1.54, 1.807) is 28.0 Å². The Morgan fingerprint density at radius 1 is 1.05 bits per heavy atom. The summed E-state index contributed by atoms with van der Waals surface area (Å²) >= 11 is 0. The number of aryl methyl sites for hydroxylation is 1. The number of carbonyl (C=O) groups excluding carboxylic acids is 1. The van der Waals surface area contributed by atoms with E-state index in [0.717, 1.165) is 40.5 Å². The van der Waals surface area contributed by atoms with E-state index in [9.17, 15) is 23.2 Å². The van der Waals surface area contributed by atoms with E-state index in [2.05, 4.69) is 15.1 Å². The van der Waals surface area contributed by atoms with Crippen molar-refractivity contribution in [3.8, 4) is 17.2 Å². The van der Waals surface area contributed by atoms with E-state index < -0.39 is 17.8 Å². The summed E-state index contributed by atoms with van der Waals surface area (Å²) < 4.78 is 47.5. The van der Waals surface area contributed by atoms with Crippen molar-refractivity contribution in [2.75, 3.05) is 31.1 Å². The molecule has 0 spiro atoms. The fraction of sp³-hybridized carbons (Fsp3) is 0.280. The smallest absolute Gasteiger partial charge is 0.416 e. The molecule has 1 saturated heterocycles. The van der Waals surface area contributed by atoms with Gasteiger partial charge < -0.3 is 14.5 Å². The molecule has 9 nitrogen and oxygen atoms in total. The highest BCUT2D eigenvalue weighted by molar-refractivity contribution is 5.76. The van der Waals surface area contributed by atoms with Gasteiger partial charge in [-0.25, -0.2) is 9.31 Å². The molecule has 0 radical (unpaired) electrons. The average Bonchev–Trinajstić information content (AvgIpc) is 3.52. The van der Waals surface area contributed by atoms with Crippen molar-refractivity contribution in [2.45, 2.75) is 12.8 Å². The molecule has 1 aromatic carbocycles. The molecule has 0 unspecified atom stereocenters. The van der Waals surface area contributed by atoms with Crippen molar-refractivity contribution in [3.63, 3.8) is 0 Å². The molecule has 0 aliphatic carbocycles. The van der Waals surface area contributed by atoms with E-state index in [1.807, 2.05) is 36.1 Å². The van der Waals surface area contributed by atoms with Gasteiger partial charge in [-0.3, -0.25) is 4.68 Å². The van der Waals surface area contributed by atoms with E-state index >= 15 is 0 Å². The largest absolute Gasteiger partial charge is 0.444 e. The molecule has 1 aliphatic heterocycles. The Morgan fingerprint density at radius 2 is 1.84 bits per heavy atom. The fourth-order valence-corrected chi connectivity index (χ4v) is 4.30. The molecule has 1 amide bonds. The molecule has 4 aromatic rings. The van der Waals surface area contributed by atoms with Crippen LogP contribution in [0.5, 0.6) is 0 Å². The van der Waals surface area contributed by atoms with Crippen LogP contribution < -0.4 is 4.90 Å². The Hall–Kier alpha value is -4.53. The van der Waals surface area contributed by atoms with Gasteiger partial charge in [0, 0.05) is 62.3 Å². The van der Waals surface area contributed by atoms with Gasteiger partial charge >= 0.3 is 12.3 Å². The predicted molar refractivity (Wildman–Crippen MR) is 128 cm³/mol. The minimum absolute atomic E-state index is 0.174. The Labute approximate surface area is 209 Å². The molecule has 4 heterocycles. The third kappa shape index (κ3) is 4.93. The van der Waals surface area contributed by atoms with Gasteiger partial charge in [-0.15, -0.1) is 0 Å². The minimum atomic E-state index is -4.55. The first-order valence-electron chi connectivity index (χ1n) is 11.5. The zero-order chi connectivity index (χ0) is 26.2. The molecule has 1 aliphatic rings. The maximum Gasteiger partial charge on any atom is 0.416 e. The van der Waals surface area contributed by atoms with Crippen molar-refractivity contribution in [3.05, 3.63) is 71.8 Å². The Morgan fingerprint density at radius 3 is 2.51 bits per heavy atom. The summed E-state index contributed by atoms with van der Waals surface area (Å²) in [7, 11) is 1.86. The summed E-state index contributed by atoms with van der Waals surface area (Å²) in [6.45, 7) is 1.65. The lowest BCUT2D eigenvalue weighted by atomic mass is 10.1. The van der Waals surface area contributed by atoms with Crippen LogP contribution in [0.25, 0.3) is 16.6 Å². The van der Waals surface area contributed by atoms with Gasteiger partial charge in [0.1, 0.15) is 6.61 Å². The van der Waals surface area contributed by atoms with Crippen LogP contribution >= 0.6 is 0 Å². The van der Waals surface area contributed by atoms with Crippen LogP contribution in [0.2, 0.25) is 0 Å². The average molecular weight is 509 g/mol. The zero-order valence-corrected chi connectivity index (χ0v) is 19.8. The van der Waals surface area contributed by atoms with Crippen LogP contribution in [0.15, 0.2) is 55.1 Å². The number of anilines is 1. The SMILES string of the molecule is Cn1cc(-c2ccc3c(N4CCN(C(=O)OCc5ccc(C(F)(F)F)cc5C#N)CC4)cnn3c2)cn1. The summed E-state index contributed by atoms with van der Waals surface area (Å²) in [5.74, 6) is 0. The van der Waals surface area contributed by atoms with Crippen LogP contribution in [0, 0.1) is 11.3 Å². The normalized spacial score (nSPS) is 14.1. The first kappa shape index (κ1) is 24.2. The number of nitrogens with zero attached hydrogens (tertiary/aromatic N) is 7. The molecule has 1 fully saturated rings. The minimum Gasteiger partial charge on any atom is -0.444 e. The van der Waals surface area contributed by atoms with Crippen molar-refractivity contribution in [1.29, 1.82) is 5.26 Å². The lowest BCUT2D eigenvalue weighted by Crippen LogP contribution is -2.48. The molecule has 0 atom stereocenters. The number of aromatic nitrogens is 4. The highest BCUT2D eigenvalue weighted by atomic mass is 19.4. The highest BCUT2D eigenvalue weighted by Gasteiger charge is 2.31. The van der Waals surface area contributed by atoms with Gasteiger partial charge in [0.25, 0.3) is 0 Å². The Bertz CT molecular complexity index is 1490. The molecule has 37 heavy (non-hydrogen) atoms. The number of carbonyl (C=O) groups is 1. The second-order valence-electron chi connectivity index (χ2n) is 8.69. The number of alkyl halides is 3. The first-order chi connectivity index (χ1) is 17.7. The van der Waals surface area contributed by atoms with Crippen LogP contribution in [0.3, 0.4) is 0 Å². The van der Waals surface area contributed by atoms with Crippen LogP contribution in [0.4, 0.5) is 23.7 Å². The van der Waals surface area contributed by atoms with Crippen LogP contribution in [0.1, 0.15) is 16.7 Å². The maximum absolute atomic E-state index is 12.9. The topological polar surface area (TPSA) is 91.7 Å². The summed E-state index contributed by atoms with van der Waals surface area (Å²) in [6, 6.07) is 8.56. The number of piperazine rings is 1. The lowest BCUT2D eigenvalue weighted by Gasteiger charge is -2.34. The van der Waals surface area contributed by atoms with Crippen molar-refractivity contribution in [1.82, 2.24) is 24.3 Å². The van der Waals surface area contributed by atoms with E-state index in [0.29, 0.717) is 26.2 Å². The quantitative estimate of drug-likeness (QED) is 0.412. The van der Waals surface area contributed by atoms with Gasteiger partial charge in [0.05, 0.1) is 40.8 Å². The lowest BCUT2D eigenvalue weighted by molar-refractivity contribution is -0.137. The number of halogens is 3. The number of hydrogen-bond donors (Lipinski definition) is 0. The van der Waals surface area contributed by atoms with Gasteiger partial charge in [-0.05, 0) is 18.2 Å². The van der Waals surface area contributed by atoms with Gasteiger partial charge in [-0.1, -0.05) is 12.1 Å². The monoisotopic (exact) mass is 509 g/mol. The zero-order valence-electron chi connectivity index (χ0n) is 19.8. The molecule has 5 rings (SSSR count). The van der Waals surface area contributed by atoms with Crippen molar-refractivity contribution < 1.29 is 22.7 Å². The second kappa shape index (κ2) is 9.50. The number of fused-ring (bicyclic) bond motifs is 1. The Kier molecular flexibility index (Phi) is 6.20. The number of benzene rings is 1. The summed E-state index contributed by atoms with van der Waals surface area (Å²) in [6.07, 6.45) is 2.34. The third-order valence-electron chi connectivity index (χ3n) is 6.32. The third-order valence-corrected chi connectivity index (χ3v) is 6.32. The number of rotatable bonds is 4. The molecular weight excluding hydrogens is 487 g/mol. The number of hydrogen-bond acceptors (Lipinski definition) is 6. The first-order valence-corrected chi connectivity index (χ1v) is 11.5. The summed E-state index contributed by atoms with van der Waals surface area (Å²) in [4.78, 5) is 16.3. The predicted octanol–water partition coefficient (Wildman–Crippen LogP) is 4.08. The number of nitriles is 1. The molecule has 3 aromatic heterocycles. The molecule has 190 valence electrons. The number of amides is 1. The number of pyridine rings is 1. The van der Waals surface area contributed by atoms with Gasteiger partial charge in [0.15, 0.2) is 0 Å². The molecule has 0 saturated carbocycles. The molecule has 0 N–H and O–H groups in total. The summed E-state index contributed by atoms with van der Waals surface area (Å²) in [5.41, 5.74) is 3.01. The van der Waals surface area contributed by atoms with E-state index in [4.69, 9.17) is 4.74 Å². The van der Waals surface area contributed by atoms with Crippen LogP contribution in [-0.2, 0) is 24.6 Å². The number of ether oxygens (including phenoxy) is 1. The Balaban J connectivity index is 1.20. The van der Waals surface area contributed by atoms with Gasteiger partial charge in [-0.2, -0.15) is 28.6 Å². The van der Waals surface area contributed by atoms with E-state index in [-0.39, 0.29) is 17.7 Å². The fourth-order valence-electron chi connectivity index (χ4n) is 4.30. The standard InChI is InChI=1S/C25H22F3N7O2/c1-32-14-20(12-30-32)17-3-5-22-23(13-31-35(22)15-17)33-6-8-34(9-7-33)24(36)37-16-18-2-4-21(25(26,27)28)10-19(18)11-29/h2-5,10,12-15H,6-9,16H2,1H3. The van der Waals surface area contributed by atoms with Crippen LogP contribution in [-0.4, -0.2) is 56.6 Å². The van der Waals surface area contributed by atoms with Gasteiger partial charge in [0.2, 0.25) is 0 Å². The second-order valence-corrected chi connectivity index (χ2v) is 8.69. The molecule has 0 bridgehead atoms.